The van der Waals surface area contributed by atoms with E-state index in [9.17, 15) is 4.79 Å². The van der Waals surface area contributed by atoms with Gasteiger partial charge in [0.25, 0.3) is 0 Å². The first kappa shape index (κ1) is 16.2. The van der Waals surface area contributed by atoms with Gasteiger partial charge in [0.1, 0.15) is 6.33 Å². The zero-order valence-electron chi connectivity index (χ0n) is 13.8. The van der Waals surface area contributed by atoms with Crippen LogP contribution in [0.5, 0.6) is 0 Å². The molecule has 3 rings (SSSR count). The molecule has 0 saturated heterocycles. The molecule has 0 bridgehead atoms. The van der Waals surface area contributed by atoms with Gasteiger partial charge >= 0.3 is 6.03 Å². The van der Waals surface area contributed by atoms with Gasteiger partial charge in [0.2, 0.25) is 0 Å². The van der Waals surface area contributed by atoms with E-state index >= 15 is 0 Å². The number of aryl methyl sites for hydroxylation is 1. The molecule has 0 spiro atoms. The lowest BCUT2D eigenvalue weighted by Gasteiger charge is -2.13. The Morgan fingerprint density at radius 1 is 1.33 bits per heavy atom. The zero-order chi connectivity index (χ0) is 16.8. The summed E-state index contributed by atoms with van der Waals surface area (Å²) in [6.07, 6.45) is 9.65. The molecule has 1 aliphatic carbocycles. The first-order valence-corrected chi connectivity index (χ1v) is 8.29. The molecule has 0 radical (unpaired) electrons. The summed E-state index contributed by atoms with van der Waals surface area (Å²) < 4.78 is 1.58. The lowest BCUT2D eigenvalue weighted by Crippen LogP contribution is -2.29. The molecule has 24 heavy (non-hydrogen) atoms. The quantitative estimate of drug-likeness (QED) is 0.827. The molecule has 1 aliphatic rings. The Bertz CT molecular complexity index is 723. The number of amides is 2. The number of carbonyl (C=O) groups excluding carboxylic acids is 1. The highest BCUT2D eigenvalue weighted by atomic mass is 16.2. The van der Waals surface area contributed by atoms with E-state index in [0.29, 0.717) is 12.2 Å². The highest BCUT2D eigenvalue weighted by molar-refractivity contribution is 5.89. The maximum absolute atomic E-state index is 12.0. The van der Waals surface area contributed by atoms with Crippen molar-refractivity contribution in [3.05, 3.63) is 41.7 Å². The normalized spacial score (nSPS) is 14.1. The molecule has 7 heteroatoms. The number of nitrogens with zero attached hydrogens (tertiary/aromatic N) is 4. The summed E-state index contributed by atoms with van der Waals surface area (Å²) in [7, 11) is 0. The van der Waals surface area contributed by atoms with Crippen LogP contribution in [0.3, 0.4) is 0 Å². The average molecular weight is 326 g/mol. The second kappa shape index (κ2) is 7.72. The first-order chi connectivity index (χ1) is 11.7. The minimum absolute atomic E-state index is 0.196. The van der Waals surface area contributed by atoms with E-state index in [0.717, 1.165) is 24.1 Å². The number of aromatic nitrogens is 4. The number of urea groups is 1. The Kier molecular flexibility index (Phi) is 5.20. The Morgan fingerprint density at radius 2 is 2.25 bits per heavy atom. The molecule has 1 aromatic carbocycles. The molecule has 2 amide bonds. The van der Waals surface area contributed by atoms with Gasteiger partial charge in [-0.3, -0.25) is 0 Å². The van der Waals surface area contributed by atoms with Gasteiger partial charge in [0.15, 0.2) is 0 Å². The summed E-state index contributed by atoms with van der Waals surface area (Å²) in [4.78, 5) is 12.0. The summed E-state index contributed by atoms with van der Waals surface area (Å²) >= 11 is 0. The second-order valence-corrected chi connectivity index (χ2v) is 5.99. The van der Waals surface area contributed by atoms with Crippen LogP contribution >= 0.6 is 0 Å². The minimum Gasteiger partial charge on any atom is -0.338 e. The van der Waals surface area contributed by atoms with Crippen LogP contribution in [-0.2, 0) is 0 Å². The van der Waals surface area contributed by atoms with Crippen LogP contribution in [-0.4, -0.2) is 32.8 Å². The highest BCUT2D eigenvalue weighted by Gasteiger charge is 2.08. The highest BCUT2D eigenvalue weighted by Crippen LogP contribution is 2.20. The average Bonchev–Trinajstić information content (AvgIpc) is 3.12. The summed E-state index contributed by atoms with van der Waals surface area (Å²) in [5, 5.41) is 16.9. The van der Waals surface area contributed by atoms with Crippen LogP contribution in [0.25, 0.3) is 5.69 Å². The van der Waals surface area contributed by atoms with Crippen molar-refractivity contribution in [2.24, 2.45) is 0 Å². The molecular formula is C17H22N6O. The maximum atomic E-state index is 12.0. The number of nitrogens with one attached hydrogen (secondary N) is 2. The lowest BCUT2D eigenvalue weighted by molar-refractivity contribution is 0.252. The van der Waals surface area contributed by atoms with E-state index in [2.05, 4.69) is 32.2 Å². The molecule has 0 fully saturated rings. The van der Waals surface area contributed by atoms with E-state index in [1.807, 2.05) is 25.1 Å². The molecule has 2 aromatic rings. The van der Waals surface area contributed by atoms with Crippen LogP contribution in [0.1, 0.15) is 37.7 Å². The molecule has 7 nitrogen and oxygen atoms in total. The van der Waals surface area contributed by atoms with E-state index < -0.39 is 0 Å². The summed E-state index contributed by atoms with van der Waals surface area (Å²) in [6.45, 7) is 2.63. The molecule has 1 heterocycles. The molecule has 126 valence electrons. The zero-order valence-corrected chi connectivity index (χ0v) is 13.8. The van der Waals surface area contributed by atoms with Crippen molar-refractivity contribution >= 4 is 11.7 Å². The molecule has 1 aromatic heterocycles. The Hall–Kier alpha value is -2.70. The Morgan fingerprint density at radius 3 is 3.00 bits per heavy atom. The van der Waals surface area contributed by atoms with Crippen molar-refractivity contribution in [3.63, 3.8) is 0 Å². The number of carbonyl (C=O) groups is 1. The van der Waals surface area contributed by atoms with Crippen LogP contribution in [0.2, 0.25) is 0 Å². The third-order valence-corrected chi connectivity index (χ3v) is 4.18. The Balaban J connectivity index is 1.54. The van der Waals surface area contributed by atoms with E-state index in [1.165, 1.54) is 31.2 Å². The number of hydrogen-bond acceptors (Lipinski definition) is 4. The fourth-order valence-electron chi connectivity index (χ4n) is 2.85. The van der Waals surface area contributed by atoms with E-state index in [-0.39, 0.29) is 6.03 Å². The summed E-state index contributed by atoms with van der Waals surface area (Å²) in [5.41, 5.74) is 4.03. The van der Waals surface area contributed by atoms with Crippen molar-refractivity contribution in [1.82, 2.24) is 25.5 Å². The largest absolute Gasteiger partial charge is 0.338 e. The Labute approximate surface area is 141 Å². The number of anilines is 1. The topological polar surface area (TPSA) is 84.7 Å². The SMILES string of the molecule is Cc1ccc(NC(=O)NCCC2=CCCCC2)cc1-n1cnnn1. The molecule has 0 saturated carbocycles. The van der Waals surface area contributed by atoms with Gasteiger partial charge in [-0.1, -0.05) is 17.7 Å². The molecule has 2 N–H and O–H groups in total. The molecule has 0 unspecified atom stereocenters. The van der Waals surface area contributed by atoms with Gasteiger partial charge in [-0.05, 0) is 67.2 Å². The third kappa shape index (κ3) is 4.18. The van der Waals surface area contributed by atoms with Crippen LogP contribution < -0.4 is 10.6 Å². The van der Waals surface area contributed by atoms with Crippen LogP contribution in [0.15, 0.2) is 36.2 Å². The minimum atomic E-state index is -0.196. The van der Waals surface area contributed by atoms with Crippen molar-refractivity contribution in [3.8, 4) is 5.69 Å². The lowest BCUT2D eigenvalue weighted by atomic mass is 9.97. The van der Waals surface area contributed by atoms with Crippen molar-refractivity contribution < 1.29 is 4.79 Å². The van der Waals surface area contributed by atoms with Crippen LogP contribution in [0, 0.1) is 6.92 Å². The van der Waals surface area contributed by atoms with Gasteiger partial charge < -0.3 is 10.6 Å². The predicted molar refractivity (Wildman–Crippen MR) is 92.1 cm³/mol. The number of rotatable bonds is 5. The predicted octanol–water partition coefficient (Wildman–Crippen LogP) is 2.98. The van der Waals surface area contributed by atoms with Gasteiger partial charge in [-0.2, -0.15) is 0 Å². The monoisotopic (exact) mass is 326 g/mol. The number of hydrogen-bond donors (Lipinski definition) is 2. The number of tetrazole rings is 1. The first-order valence-electron chi connectivity index (χ1n) is 8.29. The summed E-state index contributed by atoms with van der Waals surface area (Å²) in [6, 6.07) is 5.46. The van der Waals surface area contributed by atoms with Crippen LogP contribution in [0.4, 0.5) is 10.5 Å². The molecule has 0 aliphatic heterocycles. The van der Waals surface area contributed by atoms with Gasteiger partial charge in [0, 0.05) is 12.2 Å². The smallest absolute Gasteiger partial charge is 0.319 e. The standard InChI is InChI=1S/C17H22N6O/c1-13-7-8-15(11-16(13)23-12-19-21-22-23)20-17(24)18-10-9-14-5-3-2-4-6-14/h5,7-8,11-12H,2-4,6,9-10H2,1H3,(H2,18,20,24). The number of benzene rings is 1. The third-order valence-electron chi connectivity index (χ3n) is 4.18. The molecular weight excluding hydrogens is 304 g/mol. The number of allylic oxidation sites excluding steroid dienone is 1. The summed E-state index contributed by atoms with van der Waals surface area (Å²) in [5.74, 6) is 0. The van der Waals surface area contributed by atoms with Crippen molar-refractivity contribution in [2.45, 2.75) is 39.0 Å². The maximum Gasteiger partial charge on any atom is 0.319 e. The van der Waals surface area contributed by atoms with Gasteiger partial charge in [-0.25, -0.2) is 9.48 Å². The van der Waals surface area contributed by atoms with Gasteiger partial charge in [-0.15, -0.1) is 5.10 Å². The van der Waals surface area contributed by atoms with Gasteiger partial charge in [0.05, 0.1) is 5.69 Å². The van der Waals surface area contributed by atoms with Crippen molar-refractivity contribution in [2.75, 3.05) is 11.9 Å². The fraction of sp³-hybridized carbons (Fsp3) is 0.412. The fourth-order valence-corrected chi connectivity index (χ4v) is 2.85. The van der Waals surface area contributed by atoms with Crippen molar-refractivity contribution in [1.29, 1.82) is 0 Å². The second-order valence-electron chi connectivity index (χ2n) is 5.99. The molecule has 0 atom stereocenters. The van der Waals surface area contributed by atoms with E-state index in [4.69, 9.17) is 0 Å². The van der Waals surface area contributed by atoms with E-state index in [1.54, 1.807) is 4.68 Å².